The smallest absolute Gasteiger partial charge is 0.337 e. The quantitative estimate of drug-likeness (QED) is 0.626. The third-order valence-corrected chi connectivity index (χ3v) is 4.88. The van der Waals surface area contributed by atoms with Crippen molar-refractivity contribution in [3.05, 3.63) is 41.1 Å². The highest BCUT2D eigenvalue weighted by Gasteiger charge is 2.22. The molecule has 0 aliphatic carbocycles. The van der Waals surface area contributed by atoms with Crippen molar-refractivity contribution in [1.82, 2.24) is 0 Å². The maximum Gasteiger partial charge on any atom is 0.337 e. The number of esters is 1. The molecule has 4 nitrogen and oxygen atoms in total. The molecule has 0 unspecified atom stereocenters. The molecular weight excluding hydrogens is 306 g/mol. The standard InChI is InChI=1S/C15H15NO3S2/c1-3-8-20-15-16-12(14(18)21-15)9-10-4-6-11(7-5-10)13(17)19-2/h4-7,9H,3,8H2,1-2H3/b12-9+. The van der Waals surface area contributed by atoms with Crippen molar-refractivity contribution in [1.29, 1.82) is 0 Å². The summed E-state index contributed by atoms with van der Waals surface area (Å²) >= 11 is 2.78. The Bertz CT molecular complexity index is 606. The molecule has 0 atom stereocenters. The van der Waals surface area contributed by atoms with E-state index in [4.69, 9.17) is 0 Å². The number of carbonyl (C=O) groups excluding carboxylic acids is 2. The van der Waals surface area contributed by atoms with Crippen molar-refractivity contribution in [3.8, 4) is 0 Å². The Morgan fingerprint density at radius 2 is 2.10 bits per heavy atom. The second kappa shape index (κ2) is 7.47. The van der Waals surface area contributed by atoms with Crippen molar-refractivity contribution >= 4 is 45.1 Å². The predicted molar refractivity (Wildman–Crippen MR) is 88.5 cm³/mol. The number of aliphatic imine (C=N–C) groups is 1. The average Bonchev–Trinajstić information content (AvgIpc) is 2.85. The molecule has 0 saturated heterocycles. The van der Waals surface area contributed by atoms with Gasteiger partial charge in [0.05, 0.1) is 12.7 Å². The first kappa shape index (κ1) is 15.9. The summed E-state index contributed by atoms with van der Waals surface area (Å²) < 4.78 is 5.45. The summed E-state index contributed by atoms with van der Waals surface area (Å²) in [5.41, 5.74) is 1.76. The van der Waals surface area contributed by atoms with Crippen LogP contribution in [0.1, 0.15) is 29.3 Å². The van der Waals surface area contributed by atoms with Crippen molar-refractivity contribution < 1.29 is 14.3 Å². The molecule has 0 saturated carbocycles. The molecule has 2 rings (SSSR count). The molecule has 0 N–H and O–H groups in total. The molecule has 1 aliphatic heterocycles. The van der Waals surface area contributed by atoms with Crippen LogP contribution in [0, 0.1) is 0 Å². The number of nitrogens with zero attached hydrogens (tertiary/aromatic N) is 1. The average molecular weight is 321 g/mol. The first-order valence-corrected chi connectivity index (χ1v) is 8.28. The molecule has 1 aliphatic rings. The third-order valence-electron chi connectivity index (χ3n) is 2.67. The van der Waals surface area contributed by atoms with E-state index < -0.39 is 0 Å². The Kier molecular flexibility index (Phi) is 5.64. The van der Waals surface area contributed by atoms with E-state index in [0.717, 1.165) is 22.1 Å². The Hall–Kier alpha value is -1.53. The highest BCUT2D eigenvalue weighted by molar-refractivity contribution is 8.45. The number of methoxy groups -OCH3 is 1. The lowest BCUT2D eigenvalue weighted by molar-refractivity contribution is -0.107. The van der Waals surface area contributed by atoms with Gasteiger partial charge in [0.2, 0.25) is 5.12 Å². The minimum Gasteiger partial charge on any atom is -0.465 e. The van der Waals surface area contributed by atoms with Crippen LogP contribution in [0.25, 0.3) is 6.08 Å². The fraction of sp³-hybridized carbons (Fsp3) is 0.267. The molecule has 110 valence electrons. The zero-order valence-corrected chi connectivity index (χ0v) is 13.4. The van der Waals surface area contributed by atoms with Crippen molar-refractivity contribution in [2.24, 2.45) is 4.99 Å². The highest BCUT2D eigenvalue weighted by atomic mass is 32.2. The molecule has 1 aromatic carbocycles. The zero-order valence-electron chi connectivity index (χ0n) is 11.8. The molecule has 0 spiro atoms. The van der Waals surface area contributed by atoms with E-state index in [1.807, 2.05) is 0 Å². The van der Waals surface area contributed by atoms with Gasteiger partial charge in [0, 0.05) is 0 Å². The first-order chi connectivity index (χ1) is 10.1. The molecule has 0 radical (unpaired) electrons. The summed E-state index contributed by atoms with van der Waals surface area (Å²) in [6.45, 7) is 2.09. The molecule has 21 heavy (non-hydrogen) atoms. The van der Waals surface area contributed by atoms with E-state index in [1.165, 1.54) is 18.9 Å². The van der Waals surface area contributed by atoms with Gasteiger partial charge < -0.3 is 4.74 Å². The summed E-state index contributed by atoms with van der Waals surface area (Å²) in [5.74, 6) is 0.582. The van der Waals surface area contributed by atoms with E-state index >= 15 is 0 Å². The second-order valence-corrected chi connectivity index (χ2v) is 6.56. The normalized spacial score (nSPS) is 16.2. The molecule has 0 aromatic heterocycles. The van der Waals surface area contributed by atoms with Gasteiger partial charge in [-0.05, 0) is 47.7 Å². The maximum atomic E-state index is 11.9. The predicted octanol–water partition coefficient (Wildman–Crippen LogP) is 3.59. The van der Waals surface area contributed by atoms with Crippen LogP contribution in [0.15, 0.2) is 35.0 Å². The number of carbonyl (C=O) groups is 2. The van der Waals surface area contributed by atoms with Gasteiger partial charge in [0.25, 0.3) is 0 Å². The lowest BCUT2D eigenvalue weighted by Gasteiger charge is -1.99. The first-order valence-electron chi connectivity index (χ1n) is 6.47. The lowest BCUT2D eigenvalue weighted by Crippen LogP contribution is -2.00. The van der Waals surface area contributed by atoms with Gasteiger partial charge in [-0.15, -0.1) is 0 Å². The summed E-state index contributed by atoms with van der Waals surface area (Å²) in [4.78, 5) is 27.5. The molecule has 0 bridgehead atoms. The van der Waals surface area contributed by atoms with E-state index in [0.29, 0.717) is 11.3 Å². The Morgan fingerprint density at radius 1 is 1.38 bits per heavy atom. The minimum absolute atomic E-state index is 0.0364. The number of rotatable bonds is 4. The number of benzene rings is 1. The van der Waals surface area contributed by atoms with Gasteiger partial charge in [-0.3, -0.25) is 4.79 Å². The molecule has 0 fully saturated rings. The van der Waals surface area contributed by atoms with Crippen LogP contribution in [-0.2, 0) is 9.53 Å². The summed E-state index contributed by atoms with van der Waals surface area (Å²) in [5, 5.41) is -0.0364. The summed E-state index contributed by atoms with van der Waals surface area (Å²) in [7, 11) is 1.34. The van der Waals surface area contributed by atoms with E-state index in [1.54, 1.807) is 42.1 Å². The fourth-order valence-corrected chi connectivity index (χ4v) is 3.40. The third kappa shape index (κ3) is 4.22. The minimum atomic E-state index is -0.377. The van der Waals surface area contributed by atoms with E-state index in [2.05, 4.69) is 16.7 Å². The van der Waals surface area contributed by atoms with Gasteiger partial charge in [0.15, 0.2) is 0 Å². The van der Waals surface area contributed by atoms with Gasteiger partial charge in [-0.2, -0.15) is 0 Å². The number of hydrogen-bond donors (Lipinski definition) is 0. The molecule has 6 heteroatoms. The monoisotopic (exact) mass is 321 g/mol. The number of hydrogen-bond acceptors (Lipinski definition) is 6. The van der Waals surface area contributed by atoms with Crippen LogP contribution >= 0.6 is 23.5 Å². The van der Waals surface area contributed by atoms with Crippen LogP contribution < -0.4 is 0 Å². The van der Waals surface area contributed by atoms with Gasteiger partial charge >= 0.3 is 5.97 Å². The summed E-state index contributed by atoms with van der Waals surface area (Å²) in [6, 6.07) is 6.87. The highest BCUT2D eigenvalue weighted by Crippen LogP contribution is 2.31. The van der Waals surface area contributed by atoms with Crippen LogP contribution in [0.2, 0.25) is 0 Å². The van der Waals surface area contributed by atoms with Crippen molar-refractivity contribution in [2.75, 3.05) is 12.9 Å². The lowest BCUT2D eigenvalue weighted by atomic mass is 10.1. The molecule has 1 aromatic rings. The largest absolute Gasteiger partial charge is 0.465 e. The Labute approximate surface area is 132 Å². The molecule has 0 amide bonds. The second-order valence-electron chi connectivity index (χ2n) is 4.26. The van der Waals surface area contributed by atoms with Gasteiger partial charge in [0.1, 0.15) is 10.1 Å². The summed E-state index contributed by atoms with van der Waals surface area (Å²) in [6.07, 6.45) is 2.78. The number of ether oxygens (including phenoxy) is 1. The van der Waals surface area contributed by atoms with Crippen molar-refractivity contribution in [2.45, 2.75) is 13.3 Å². The maximum absolute atomic E-state index is 11.9. The van der Waals surface area contributed by atoms with E-state index in [9.17, 15) is 9.59 Å². The Morgan fingerprint density at radius 3 is 2.71 bits per heavy atom. The van der Waals surface area contributed by atoms with Gasteiger partial charge in [-0.1, -0.05) is 30.8 Å². The zero-order chi connectivity index (χ0) is 15.2. The van der Waals surface area contributed by atoms with Crippen molar-refractivity contribution in [3.63, 3.8) is 0 Å². The topological polar surface area (TPSA) is 55.7 Å². The molecular formula is C15H15NO3S2. The van der Waals surface area contributed by atoms with Crippen LogP contribution in [-0.4, -0.2) is 28.3 Å². The molecule has 1 heterocycles. The SMILES string of the molecule is CCCSC1=N/C(=C/c2ccc(C(=O)OC)cc2)C(=O)S1. The van der Waals surface area contributed by atoms with E-state index in [-0.39, 0.29) is 11.1 Å². The van der Waals surface area contributed by atoms with Crippen LogP contribution in [0.3, 0.4) is 0 Å². The van der Waals surface area contributed by atoms with Gasteiger partial charge in [-0.25, -0.2) is 9.79 Å². The van der Waals surface area contributed by atoms with Crippen LogP contribution in [0.5, 0.6) is 0 Å². The number of thioether (sulfide) groups is 2. The van der Waals surface area contributed by atoms with Crippen LogP contribution in [0.4, 0.5) is 0 Å². The Balaban J connectivity index is 2.13. The fourth-order valence-electron chi connectivity index (χ4n) is 1.63.